The van der Waals surface area contributed by atoms with Gasteiger partial charge in [0, 0.05) is 25.7 Å². The smallest absolute Gasteiger partial charge is 0.0745 e. The van der Waals surface area contributed by atoms with Gasteiger partial charge in [0.15, 0.2) is 0 Å². The molecule has 0 amide bonds. The Morgan fingerprint density at radius 2 is 2.15 bits per heavy atom. The molecule has 0 radical (unpaired) electrons. The number of nitrogens with two attached hydrogens (primary N) is 1. The standard InChI is InChI=1S/C10H20N2O/c1-6(2)12-5-7-4-8(13-3)10(12)9(7)11/h6-10H,4-5,11H2,1-3H3/t7-,8?,9-,10-/m1/s1. The molecule has 0 aromatic heterocycles. The van der Waals surface area contributed by atoms with Crippen LogP contribution < -0.4 is 5.73 Å². The first-order valence-electron chi connectivity index (χ1n) is 5.19. The minimum absolute atomic E-state index is 0.340. The first-order chi connectivity index (χ1) is 6.15. The van der Waals surface area contributed by atoms with Gasteiger partial charge in [0.05, 0.1) is 12.1 Å². The average Bonchev–Trinajstić information content (AvgIpc) is 2.58. The molecule has 1 saturated carbocycles. The quantitative estimate of drug-likeness (QED) is 0.677. The van der Waals surface area contributed by atoms with Crippen molar-refractivity contribution in [3.05, 3.63) is 0 Å². The number of rotatable bonds is 2. The predicted octanol–water partition coefficient (Wildman–Crippen LogP) is 0.441. The normalized spacial score (nSPS) is 45.0. The molecule has 2 bridgehead atoms. The Labute approximate surface area is 80.2 Å². The zero-order valence-electron chi connectivity index (χ0n) is 8.73. The van der Waals surface area contributed by atoms with E-state index in [1.165, 1.54) is 6.54 Å². The van der Waals surface area contributed by atoms with Crippen molar-refractivity contribution in [3.8, 4) is 0 Å². The molecule has 1 aliphatic heterocycles. The number of piperidine rings is 1. The lowest BCUT2D eigenvalue weighted by Gasteiger charge is -2.35. The first-order valence-corrected chi connectivity index (χ1v) is 5.19. The maximum Gasteiger partial charge on any atom is 0.0745 e. The van der Waals surface area contributed by atoms with Crippen LogP contribution in [0.5, 0.6) is 0 Å². The third-order valence-electron chi connectivity index (χ3n) is 3.65. The maximum absolute atomic E-state index is 6.16. The van der Waals surface area contributed by atoms with E-state index in [1.807, 2.05) is 0 Å². The summed E-state index contributed by atoms with van der Waals surface area (Å²) in [4.78, 5) is 2.49. The zero-order chi connectivity index (χ0) is 9.59. The molecule has 0 aromatic carbocycles. The van der Waals surface area contributed by atoms with E-state index < -0.39 is 0 Å². The minimum atomic E-state index is 0.340. The van der Waals surface area contributed by atoms with Crippen LogP contribution in [0.2, 0.25) is 0 Å². The third-order valence-corrected chi connectivity index (χ3v) is 3.65. The van der Waals surface area contributed by atoms with Crippen LogP contribution in [0.4, 0.5) is 0 Å². The summed E-state index contributed by atoms with van der Waals surface area (Å²) in [5.74, 6) is 0.664. The van der Waals surface area contributed by atoms with Crippen LogP contribution in [0, 0.1) is 5.92 Å². The van der Waals surface area contributed by atoms with Crippen LogP contribution in [-0.2, 0) is 4.74 Å². The van der Waals surface area contributed by atoms with Crippen molar-refractivity contribution in [3.63, 3.8) is 0 Å². The fourth-order valence-corrected chi connectivity index (χ4v) is 2.94. The number of nitrogens with zero attached hydrogens (tertiary/aromatic N) is 1. The van der Waals surface area contributed by atoms with E-state index in [1.54, 1.807) is 7.11 Å². The lowest BCUT2D eigenvalue weighted by Crippen LogP contribution is -2.48. The second-order valence-electron chi connectivity index (χ2n) is 4.63. The van der Waals surface area contributed by atoms with Crippen molar-refractivity contribution in [1.29, 1.82) is 0 Å². The number of methoxy groups -OCH3 is 1. The number of likely N-dealkylation sites (tertiary alicyclic amines) is 1. The lowest BCUT2D eigenvalue weighted by molar-refractivity contribution is 0.00665. The summed E-state index contributed by atoms with van der Waals surface area (Å²) in [6.07, 6.45) is 1.53. The second-order valence-corrected chi connectivity index (χ2v) is 4.63. The van der Waals surface area contributed by atoms with Gasteiger partial charge in [0.1, 0.15) is 0 Å². The van der Waals surface area contributed by atoms with Crippen molar-refractivity contribution >= 4 is 0 Å². The van der Waals surface area contributed by atoms with Gasteiger partial charge in [-0.2, -0.15) is 0 Å². The number of fused-ring (bicyclic) bond motifs is 2. The highest BCUT2D eigenvalue weighted by Gasteiger charge is 2.51. The van der Waals surface area contributed by atoms with E-state index >= 15 is 0 Å². The van der Waals surface area contributed by atoms with Crippen molar-refractivity contribution in [2.24, 2.45) is 11.7 Å². The summed E-state index contributed by atoms with van der Waals surface area (Å²) in [7, 11) is 1.80. The molecule has 1 aliphatic carbocycles. The van der Waals surface area contributed by atoms with Crippen LogP contribution in [0.15, 0.2) is 0 Å². The molecule has 3 heteroatoms. The van der Waals surface area contributed by atoms with E-state index in [9.17, 15) is 0 Å². The van der Waals surface area contributed by atoms with Crippen LogP contribution >= 0.6 is 0 Å². The lowest BCUT2D eigenvalue weighted by atomic mass is 10.1. The highest BCUT2D eigenvalue weighted by atomic mass is 16.5. The van der Waals surface area contributed by atoms with E-state index in [2.05, 4.69) is 18.7 Å². The maximum atomic E-state index is 6.16. The van der Waals surface area contributed by atoms with Gasteiger partial charge in [0.25, 0.3) is 0 Å². The predicted molar refractivity (Wildman–Crippen MR) is 52.5 cm³/mol. The van der Waals surface area contributed by atoms with Gasteiger partial charge < -0.3 is 10.5 Å². The average molecular weight is 184 g/mol. The van der Waals surface area contributed by atoms with Gasteiger partial charge in [-0.05, 0) is 26.2 Å². The molecule has 0 aromatic rings. The molecule has 2 aliphatic rings. The summed E-state index contributed by atoms with van der Waals surface area (Å²) in [6.45, 7) is 5.64. The van der Waals surface area contributed by atoms with Crippen LogP contribution in [0.25, 0.3) is 0 Å². The van der Waals surface area contributed by atoms with Gasteiger partial charge in [-0.1, -0.05) is 0 Å². The monoisotopic (exact) mass is 184 g/mol. The number of hydrogen-bond donors (Lipinski definition) is 1. The molecule has 2 fully saturated rings. The van der Waals surface area contributed by atoms with Crippen molar-refractivity contribution in [2.45, 2.75) is 44.5 Å². The van der Waals surface area contributed by atoms with Crippen LogP contribution in [0.1, 0.15) is 20.3 Å². The molecule has 0 spiro atoms. The molecular weight excluding hydrogens is 164 g/mol. The number of hydrogen-bond acceptors (Lipinski definition) is 3. The SMILES string of the molecule is COC1C[C@@H]2CN(C(C)C)[C@H]1[C@@H]2N. The van der Waals surface area contributed by atoms with E-state index in [0.29, 0.717) is 30.1 Å². The highest BCUT2D eigenvalue weighted by Crippen LogP contribution is 2.39. The summed E-state index contributed by atoms with van der Waals surface area (Å²) >= 11 is 0. The fraction of sp³-hybridized carbons (Fsp3) is 1.00. The van der Waals surface area contributed by atoms with Gasteiger partial charge in [-0.25, -0.2) is 0 Å². The van der Waals surface area contributed by atoms with Gasteiger partial charge in [-0.15, -0.1) is 0 Å². The molecule has 1 unspecified atom stereocenters. The molecule has 3 nitrogen and oxygen atoms in total. The fourth-order valence-electron chi connectivity index (χ4n) is 2.94. The summed E-state index contributed by atoms with van der Waals surface area (Å²) in [5.41, 5.74) is 6.16. The first kappa shape index (κ1) is 9.44. The third kappa shape index (κ3) is 1.30. The Bertz CT molecular complexity index is 195. The van der Waals surface area contributed by atoms with Gasteiger partial charge in [-0.3, -0.25) is 4.90 Å². The largest absolute Gasteiger partial charge is 0.380 e. The van der Waals surface area contributed by atoms with Crippen molar-refractivity contribution in [2.75, 3.05) is 13.7 Å². The Kier molecular flexibility index (Phi) is 2.34. The van der Waals surface area contributed by atoms with Gasteiger partial charge >= 0.3 is 0 Å². The van der Waals surface area contributed by atoms with Gasteiger partial charge in [0.2, 0.25) is 0 Å². The molecule has 76 valence electrons. The summed E-state index contributed by atoms with van der Waals surface area (Å²) in [6, 6.07) is 1.40. The van der Waals surface area contributed by atoms with E-state index in [-0.39, 0.29) is 0 Å². The van der Waals surface area contributed by atoms with Crippen LogP contribution in [0.3, 0.4) is 0 Å². The Balaban J connectivity index is 2.13. The highest BCUT2D eigenvalue weighted by molar-refractivity contribution is 5.08. The topological polar surface area (TPSA) is 38.5 Å². The Hall–Kier alpha value is -0.120. The second kappa shape index (κ2) is 3.23. The van der Waals surface area contributed by atoms with Crippen molar-refractivity contribution < 1.29 is 4.74 Å². The molecule has 2 rings (SSSR count). The Morgan fingerprint density at radius 1 is 1.46 bits per heavy atom. The number of ether oxygens (including phenoxy) is 1. The molecule has 2 N–H and O–H groups in total. The Morgan fingerprint density at radius 3 is 2.62 bits per heavy atom. The minimum Gasteiger partial charge on any atom is -0.380 e. The summed E-state index contributed by atoms with van der Waals surface area (Å²) in [5, 5.41) is 0. The zero-order valence-corrected chi connectivity index (χ0v) is 8.73. The molecule has 1 saturated heterocycles. The molecule has 13 heavy (non-hydrogen) atoms. The summed E-state index contributed by atoms with van der Waals surface area (Å²) < 4.78 is 5.47. The molecular formula is C10H20N2O. The van der Waals surface area contributed by atoms with Crippen molar-refractivity contribution in [1.82, 2.24) is 4.90 Å². The van der Waals surface area contributed by atoms with Crippen LogP contribution in [-0.4, -0.2) is 42.8 Å². The van der Waals surface area contributed by atoms with E-state index in [0.717, 1.165) is 6.42 Å². The molecule has 1 heterocycles. The molecule has 4 atom stereocenters. The van der Waals surface area contributed by atoms with E-state index in [4.69, 9.17) is 10.5 Å².